The fourth-order valence-corrected chi connectivity index (χ4v) is 3.97. The van der Waals surface area contributed by atoms with E-state index >= 15 is 0 Å². The van der Waals surface area contributed by atoms with E-state index in [-0.39, 0.29) is 5.91 Å². The number of para-hydroxylation sites is 1. The number of benzene rings is 3. The third-order valence-electron chi connectivity index (χ3n) is 5.89. The topological polar surface area (TPSA) is 96.7 Å². The number of piperidine rings is 1. The van der Waals surface area contributed by atoms with Crippen molar-refractivity contribution in [2.45, 2.75) is 32.2 Å². The fraction of sp³-hybridized carbons (Fsp3) is 0.286. The standard InChI is InChI=1S/C15H23N3O.C13H11NO2/c1-2-18-10-4-3-5-14(18)11-17-15(19)12-6-8-13(16)9-7-12;15-10-14-11-6-8-13(9-7-11)16-12-4-2-1-3-5-12/h6-9,14H,2-5,10-11,16H2,1H3,(H,17,19);1-10H,(H,14,15). The lowest BCUT2D eigenvalue weighted by atomic mass is 10.0. The van der Waals surface area contributed by atoms with Crippen LogP contribution in [0.1, 0.15) is 36.5 Å². The second kappa shape index (κ2) is 13.8. The molecule has 184 valence electrons. The average Bonchev–Trinajstić information content (AvgIpc) is 2.90. The van der Waals surface area contributed by atoms with Gasteiger partial charge in [0.25, 0.3) is 5.91 Å². The van der Waals surface area contributed by atoms with Crippen LogP contribution in [0.5, 0.6) is 11.5 Å². The van der Waals surface area contributed by atoms with E-state index < -0.39 is 0 Å². The van der Waals surface area contributed by atoms with Crippen LogP contribution in [0, 0.1) is 0 Å². The van der Waals surface area contributed by atoms with Crippen molar-refractivity contribution in [2.24, 2.45) is 0 Å². The Labute approximate surface area is 207 Å². The van der Waals surface area contributed by atoms with Crippen molar-refractivity contribution in [1.82, 2.24) is 10.2 Å². The Hall–Kier alpha value is -3.84. The van der Waals surface area contributed by atoms with Crippen LogP contribution in [0.4, 0.5) is 11.4 Å². The van der Waals surface area contributed by atoms with E-state index in [4.69, 9.17) is 10.5 Å². The first-order valence-corrected chi connectivity index (χ1v) is 12.0. The van der Waals surface area contributed by atoms with Crippen LogP contribution in [0.25, 0.3) is 0 Å². The van der Waals surface area contributed by atoms with E-state index in [9.17, 15) is 9.59 Å². The zero-order chi connectivity index (χ0) is 24.9. The van der Waals surface area contributed by atoms with Crippen LogP contribution in [-0.2, 0) is 4.79 Å². The predicted molar refractivity (Wildman–Crippen MR) is 141 cm³/mol. The van der Waals surface area contributed by atoms with Crippen molar-refractivity contribution in [2.75, 3.05) is 30.7 Å². The van der Waals surface area contributed by atoms with Crippen molar-refractivity contribution in [3.8, 4) is 11.5 Å². The quantitative estimate of drug-likeness (QED) is 0.318. The lowest BCUT2D eigenvalue weighted by Gasteiger charge is -2.34. The second-order valence-electron chi connectivity index (χ2n) is 8.31. The molecule has 7 nitrogen and oxygen atoms in total. The fourth-order valence-electron chi connectivity index (χ4n) is 3.97. The third kappa shape index (κ3) is 8.46. The molecule has 35 heavy (non-hydrogen) atoms. The van der Waals surface area contributed by atoms with E-state index in [1.807, 2.05) is 30.3 Å². The molecule has 1 fully saturated rings. The number of ether oxygens (including phenoxy) is 1. The Balaban J connectivity index is 0.000000198. The SMILES string of the molecule is CCN1CCCCC1CNC(=O)c1ccc(N)cc1.O=CNc1ccc(Oc2ccccc2)cc1. The van der Waals surface area contributed by atoms with E-state index in [1.165, 1.54) is 19.3 Å². The van der Waals surface area contributed by atoms with Crippen LogP contribution in [0.15, 0.2) is 78.9 Å². The van der Waals surface area contributed by atoms with Gasteiger partial charge in [0.15, 0.2) is 0 Å². The number of nitrogens with zero attached hydrogens (tertiary/aromatic N) is 1. The molecule has 0 bridgehead atoms. The molecular weight excluding hydrogens is 440 g/mol. The summed E-state index contributed by atoms with van der Waals surface area (Å²) < 4.78 is 5.60. The maximum atomic E-state index is 12.0. The minimum absolute atomic E-state index is 0.0124. The molecule has 3 aromatic rings. The summed E-state index contributed by atoms with van der Waals surface area (Å²) in [5, 5.41) is 5.59. The summed E-state index contributed by atoms with van der Waals surface area (Å²) in [6.45, 7) is 5.12. The maximum Gasteiger partial charge on any atom is 0.251 e. The van der Waals surface area contributed by atoms with Crippen LogP contribution < -0.4 is 21.1 Å². The molecule has 0 saturated carbocycles. The summed E-state index contributed by atoms with van der Waals surface area (Å²) in [7, 11) is 0. The molecule has 2 amide bonds. The van der Waals surface area contributed by atoms with Crippen molar-refractivity contribution in [1.29, 1.82) is 0 Å². The molecule has 0 spiro atoms. The summed E-state index contributed by atoms with van der Waals surface area (Å²) in [6, 6.07) is 24.2. The highest BCUT2D eigenvalue weighted by Gasteiger charge is 2.21. The van der Waals surface area contributed by atoms with Crippen LogP contribution in [-0.4, -0.2) is 42.9 Å². The summed E-state index contributed by atoms with van der Waals surface area (Å²) in [5.41, 5.74) is 7.72. The Morgan fingerprint density at radius 1 is 1.00 bits per heavy atom. The van der Waals surface area contributed by atoms with Gasteiger partial charge in [0.2, 0.25) is 6.41 Å². The van der Waals surface area contributed by atoms with Gasteiger partial charge < -0.3 is 21.1 Å². The monoisotopic (exact) mass is 474 g/mol. The number of nitrogen functional groups attached to an aromatic ring is 1. The number of amides is 2. The molecule has 0 aromatic heterocycles. The number of nitrogens with two attached hydrogens (primary N) is 1. The molecule has 4 rings (SSSR count). The summed E-state index contributed by atoms with van der Waals surface area (Å²) in [4.78, 5) is 24.7. The van der Waals surface area contributed by atoms with Gasteiger partial charge in [-0.2, -0.15) is 0 Å². The molecule has 0 radical (unpaired) electrons. The first-order valence-electron chi connectivity index (χ1n) is 12.0. The number of likely N-dealkylation sites (N-methyl/N-ethyl adjacent to an activating group) is 1. The Kier molecular flexibility index (Phi) is 10.1. The normalized spacial score (nSPS) is 15.3. The predicted octanol–water partition coefficient (Wildman–Crippen LogP) is 4.92. The van der Waals surface area contributed by atoms with Crippen LogP contribution in [0.3, 0.4) is 0 Å². The number of carbonyl (C=O) groups is 2. The first kappa shape index (κ1) is 25.8. The van der Waals surface area contributed by atoms with Crippen molar-refractivity contribution in [3.05, 3.63) is 84.4 Å². The molecule has 3 aromatic carbocycles. The van der Waals surface area contributed by atoms with E-state index in [1.54, 1.807) is 48.5 Å². The average molecular weight is 475 g/mol. The molecular formula is C28H34N4O3. The van der Waals surface area contributed by atoms with E-state index in [0.29, 0.717) is 23.7 Å². The first-order chi connectivity index (χ1) is 17.1. The van der Waals surface area contributed by atoms with Gasteiger partial charge in [0.1, 0.15) is 11.5 Å². The zero-order valence-electron chi connectivity index (χ0n) is 20.2. The summed E-state index contributed by atoms with van der Waals surface area (Å²) in [6.07, 6.45) is 4.36. The lowest BCUT2D eigenvalue weighted by Crippen LogP contribution is -2.46. The number of carbonyl (C=O) groups excluding carboxylic acids is 2. The lowest BCUT2D eigenvalue weighted by molar-refractivity contribution is -0.105. The minimum atomic E-state index is -0.0124. The largest absolute Gasteiger partial charge is 0.457 e. The van der Waals surface area contributed by atoms with E-state index in [0.717, 1.165) is 36.8 Å². The van der Waals surface area contributed by atoms with Crippen LogP contribution >= 0.6 is 0 Å². The Morgan fingerprint density at radius 3 is 2.34 bits per heavy atom. The number of likely N-dealkylation sites (tertiary alicyclic amines) is 1. The number of hydrogen-bond donors (Lipinski definition) is 3. The zero-order valence-corrected chi connectivity index (χ0v) is 20.2. The molecule has 1 saturated heterocycles. The minimum Gasteiger partial charge on any atom is -0.457 e. The highest BCUT2D eigenvalue weighted by molar-refractivity contribution is 5.94. The summed E-state index contributed by atoms with van der Waals surface area (Å²) >= 11 is 0. The van der Waals surface area contributed by atoms with Gasteiger partial charge in [-0.3, -0.25) is 14.5 Å². The number of anilines is 2. The number of rotatable bonds is 8. The highest BCUT2D eigenvalue weighted by atomic mass is 16.5. The Bertz CT molecular complexity index is 1040. The second-order valence-corrected chi connectivity index (χ2v) is 8.31. The maximum absolute atomic E-state index is 12.0. The van der Waals surface area contributed by atoms with Gasteiger partial charge >= 0.3 is 0 Å². The number of nitrogens with one attached hydrogen (secondary N) is 2. The number of hydrogen-bond acceptors (Lipinski definition) is 5. The van der Waals surface area contributed by atoms with Gasteiger partial charge in [-0.05, 0) is 86.6 Å². The highest BCUT2D eigenvalue weighted by Crippen LogP contribution is 2.22. The molecule has 1 atom stereocenters. The molecule has 1 unspecified atom stereocenters. The summed E-state index contributed by atoms with van der Waals surface area (Å²) in [5.74, 6) is 1.52. The Morgan fingerprint density at radius 2 is 1.69 bits per heavy atom. The van der Waals surface area contributed by atoms with Crippen molar-refractivity contribution in [3.63, 3.8) is 0 Å². The smallest absolute Gasteiger partial charge is 0.251 e. The van der Waals surface area contributed by atoms with Gasteiger partial charge in [0, 0.05) is 29.5 Å². The van der Waals surface area contributed by atoms with E-state index in [2.05, 4.69) is 22.5 Å². The third-order valence-corrected chi connectivity index (χ3v) is 5.89. The molecule has 7 heteroatoms. The van der Waals surface area contributed by atoms with Gasteiger partial charge in [0.05, 0.1) is 0 Å². The molecule has 4 N–H and O–H groups in total. The molecule has 1 aliphatic rings. The molecule has 1 heterocycles. The van der Waals surface area contributed by atoms with Gasteiger partial charge in [-0.15, -0.1) is 0 Å². The van der Waals surface area contributed by atoms with Gasteiger partial charge in [-0.25, -0.2) is 0 Å². The molecule has 0 aliphatic carbocycles. The van der Waals surface area contributed by atoms with Gasteiger partial charge in [-0.1, -0.05) is 31.5 Å². The van der Waals surface area contributed by atoms with Crippen molar-refractivity contribution < 1.29 is 14.3 Å². The molecule has 1 aliphatic heterocycles. The van der Waals surface area contributed by atoms with Crippen LogP contribution in [0.2, 0.25) is 0 Å². The van der Waals surface area contributed by atoms with Crippen molar-refractivity contribution >= 4 is 23.7 Å².